The molecule has 1 rings (SSSR count). The molecule has 0 saturated carbocycles. The molecular weight excluding hydrogens is 278 g/mol. The molecular formula is C14H22ClN3O2. The van der Waals surface area contributed by atoms with E-state index in [0.717, 1.165) is 5.56 Å². The number of amides is 2. The molecule has 0 radical (unpaired) electrons. The van der Waals surface area contributed by atoms with Gasteiger partial charge in [0, 0.05) is 31.6 Å². The van der Waals surface area contributed by atoms with Gasteiger partial charge in [-0.3, -0.25) is 9.59 Å². The van der Waals surface area contributed by atoms with Crippen LogP contribution < -0.4 is 16.0 Å². The summed E-state index contributed by atoms with van der Waals surface area (Å²) in [6.45, 7) is 3.65. The Balaban J connectivity index is 0.00000361. The molecule has 6 heteroatoms. The van der Waals surface area contributed by atoms with Crippen LogP contribution in [-0.2, 0) is 11.3 Å². The highest BCUT2D eigenvalue weighted by atomic mass is 35.5. The Morgan fingerprint density at radius 1 is 1.10 bits per heavy atom. The topological polar surface area (TPSA) is 70.2 Å². The second kappa shape index (κ2) is 10.2. The van der Waals surface area contributed by atoms with Crippen molar-refractivity contribution in [3.05, 3.63) is 35.4 Å². The van der Waals surface area contributed by atoms with Gasteiger partial charge in [-0.15, -0.1) is 12.4 Å². The standard InChI is InChI=1S/C14H21N3O2.ClH/c1-3-16-14(19)12-6-4-11(5-7-12)10-17-13(18)8-9-15-2;/h4-7,15H,3,8-10H2,1-2H3,(H,16,19)(H,17,18);1H. The molecule has 0 aliphatic carbocycles. The number of nitrogens with one attached hydrogen (secondary N) is 3. The van der Waals surface area contributed by atoms with Gasteiger partial charge in [-0.2, -0.15) is 0 Å². The zero-order valence-corrected chi connectivity index (χ0v) is 12.7. The van der Waals surface area contributed by atoms with Crippen molar-refractivity contribution >= 4 is 24.2 Å². The van der Waals surface area contributed by atoms with E-state index in [1.165, 1.54) is 0 Å². The van der Waals surface area contributed by atoms with Gasteiger partial charge < -0.3 is 16.0 Å². The smallest absolute Gasteiger partial charge is 0.251 e. The minimum Gasteiger partial charge on any atom is -0.352 e. The molecule has 0 unspecified atom stereocenters. The lowest BCUT2D eigenvalue weighted by molar-refractivity contribution is -0.121. The largest absolute Gasteiger partial charge is 0.352 e. The van der Waals surface area contributed by atoms with Gasteiger partial charge in [-0.1, -0.05) is 12.1 Å². The summed E-state index contributed by atoms with van der Waals surface area (Å²) in [5, 5.41) is 8.49. The third kappa shape index (κ3) is 6.54. The Hall–Kier alpha value is -1.59. The summed E-state index contributed by atoms with van der Waals surface area (Å²) in [6, 6.07) is 7.23. The molecule has 0 aliphatic rings. The van der Waals surface area contributed by atoms with Crippen LogP contribution in [0.2, 0.25) is 0 Å². The number of hydrogen-bond donors (Lipinski definition) is 3. The number of hydrogen-bond acceptors (Lipinski definition) is 3. The Bertz CT molecular complexity index is 421. The fourth-order valence-corrected chi connectivity index (χ4v) is 1.56. The van der Waals surface area contributed by atoms with Gasteiger partial charge in [-0.05, 0) is 31.7 Å². The van der Waals surface area contributed by atoms with Gasteiger partial charge in [0.25, 0.3) is 5.91 Å². The average Bonchev–Trinajstić information content (AvgIpc) is 2.43. The third-order valence-electron chi connectivity index (χ3n) is 2.65. The van der Waals surface area contributed by atoms with Crippen molar-refractivity contribution in [3.63, 3.8) is 0 Å². The molecule has 0 bridgehead atoms. The van der Waals surface area contributed by atoms with Crippen molar-refractivity contribution in [2.45, 2.75) is 19.9 Å². The fourth-order valence-electron chi connectivity index (χ4n) is 1.56. The normalized spacial score (nSPS) is 9.50. The molecule has 1 aromatic rings. The van der Waals surface area contributed by atoms with Crippen LogP contribution in [0.25, 0.3) is 0 Å². The van der Waals surface area contributed by atoms with Crippen molar-refractivity contribution in [2.75, 3.05) is 20.1 Å². The first-order valence-electron chi connectivity index (χ1n) is 6.45. The van der Waals surface area contributed by atoms with E-state index in [4.69, 9.17) is 0 Å². The van der Waals surface area contributed by atoms with Gasteiger partial charge in [-0.25, -0.2) is 0 Å². The highest BCUT2D eigenvalue weighted by Crippen LogP contribution is 2.04. The quantitative estimate of drug-likeness (QED) is 0.706. The Morgan fingerprint density at radius 2 is 1.75 bits per heavy atom. The van der Waals surface area contributed by atoms with Crippen LogP contribution in [0.5, 0.6) is 0 Å². The fraction of sp³-hybridized carbons (Fsp3) is 0.429. The average molecular weight is 300 g/mol. The van der Waals surface area contributed by atoms with Crippen LogP contribution in [0.1, 0.15) is 29.3 Å². The van der Waals surface area contributed by atoms with Gasteiger partial charge in [0.15, 0.2) is 0 Å². The second-order valence-electron chi connectivity index (χ2n) is 4.19. The maximum absolute atomic E-state index is 11.6. The van der Waals surface area contributed by atoms with E-state index in [1.807, 2.05) is 26.1 Å². The van der Waals surface area contributed by atoms with E-state index in [0.29, 0.717) is 31.6 Å². The number of benzene rings is 1. The Labute approximate surface area is 125 Å². The Morgan fingerprint density at radius 3 is 2.30 bits per heavy atom. The lowest BCUT2D eigenvalue weighted by atomic mass is 10.1. The van der Waals surface area contributed by atoms with Crippen molar-refractivity contribution < 1.29 is 9.59 Å². The molecule has 0 fully saturated rings. The molecule has 3 N–H and O–H groups in total. The van der Waals surface area contributed by atoms with E-state index < -0.39 is 0 Å². The lowest BCUT2D eigenvalue weighted by Crippen LogP contribution is -2.26. The third-order valence-corrected chi connectivity index (χ3v) is 2.65. The molecule has 5 nitrogen and oxygen atoms in total. The monoisotopic (exact) mass is 299 g/mol. The van der Waals surface area contributed by atoms with Crippen molar-refractivity contribution in [3.8, 4) is 0 Å². The molecule has 0 spiro atoms. The van der Waals surface area contributed by atoms with E-state index >= 15 is 0 Å². The molecule has 20 heavy (non-hydrogen) atoms. The highest BCUT2D eigenvalue weighted by Gasteiger charge is 2.04. The molecule has 0 heterocycles. The summed E-state index contributed by atoms with van der Waals surface area (Å²) < 4.78 is 0. The summed E-state index contributed by atoms with van der Waals surface area (Å²) in [5.41, 5.74) is 1.61. The highest BCUT2D eigenvalue weighted by molar-refractivity contribution is 5.94. The first-order chi connectivity index (χ1) is 9.17. The van der Waals surface area contributed by atoms with Gasteiger partial charge in [0.2, 0.25) is 5.91 Å². The predicted molar refractivity (Wildman–Crippen MR) is 82.1 cm³/mol. The summed E-state index contributed by atoms with van der Waals surface area (Å²) in [5.74, 6) is -0.0609. The van der Waals surface area contributed by atoms with Crippen molar-refractivity contribution in [1.82, 2.24) is 16.0 Å². The number of carbonyl (C=O) groups excluding carboxylic acids is 2. The van der Waals surface area contributed by atoms with Crippen LogP contribution in [0.15, 0.2) is 24.3 Å². The first kappa shape index (κ1) is 18.4. The summed E-state index contributed by atoms with van der Waals surface area (Å²) in [6.07, 6.45) is 0.466. The minimum absolute atomic E-state index is 0. The van der Waals surface area contributed by atoms with Gasteiger partial charge in [0.1, 0.15) is 0 Å². The van der Waals surface area contributed by atoms with E-state index in [9.17, 15) is 9.59 Å². The van der Waals surface area contributed by atoms with E-state index in [1.54, 1.807) is 12.1 Å². The summed E-state index contributed by atoms with van der Waals surface area (Å²) >= 11 is 0. The molecule has 112 valence electrons. The Kier molecular flexibility index (Phi) is 9.41. The van der Waals surface area contributed by atoms with Crippen LogP contribution in [0, 0.1) is 0 Å². The van der Waals surface area contributed by atoms with Crippen LogP contribution in [-0.4, -0.2) is 32.0 Å². The van der Waals surface area contributed by atoms with Crippen molar-refractivity contribution in [1.29, 1.82) is 0 Å². The lowest BCUT2D eigenvalue weighted by Gasteiger charge is -2.06. The summed E-state index contributed by atoms with van der Waals surface area (Å²) in [4.78, 5) is 23.0. The zero-order valence-electron chi connectivity index (χ0n) is 11.9. The zero-order chi connectivity index (χ0) is 14.1. The molecule has 0 aromatic heterocycles. The maximum Gasteiger partial charge on any atom is 0.251 e. The maximum atomic E-state index is 11.6. The molecule has 2 amide bonds. The minimum atomic E-state index is -0.0768. The van der Waals surface area contributed by atoms with E-state index in [-0.39, 0.29) is 24.2 Å². The summed E-state index contributed by atoms with van der Waals surface area (Å²) in [7, 11) is 1.81. The molecule has 0 aliphatic heterocycles. The van der Waals surface area contributed by atoms with Gasteiger partial charge in [0.05, 0.1) is 0 Å². The molecule has 0 atom stereocenters. The number of carbonyl (C=O) groups is 2. The van der Waals surface area contributed by atoms with Gasteiger partial charge >= 0.3 is 0 Å². The molecule has 0 saturated heterocycles. The van der Waals surface area contributed by atoms with Crippen molar-refractivity contribution in [2.24, 2.45) is 0 Å². The second-order valence-corrected chi connectivity index (χ2v) is 4.19. The van der Waals surface area contributed by atoms with Crippen LogP contribution in [0.3, 0.4) is 0 Å². The van der Waals surface area contributed by atoms with Crippen LogP contribution >= 0.6 is 12.4 Å². The number of halogens is 1. The van der Waals surface area contributed by atoms with Crippen LogP contribution in [0.4, 0.5) is 0 Å². The van der Waals surface area contributed by atoms with E-state index in [2.05, 4.69) is 16.0 Å². The number of rotatable bonds is 7. The predicted octanol–water partition coefficient (Wildman–Crippen LogP) is 1.08. The first-order valence-corrected chi connectivity index (χ1v) is 6.45. The molecule has 1 aromatic carbocycles. The SMILES string of the molecule is CCNC(=O)c1ccc(CNC(=O)CCNC)cc1.Cl.